The Morgan fingerprint density at radius 2 is 0.805 bits per heavy atom. The predicted molar refractivity (Wildman–Crippen MR) is 172 cm³/mol. The Morgan fingerprint density at radius 1 is 0.415 bits per heavy atom. The number of rotatable bonds is 4. The van der Waals surface area contributed by atoms with Gasteiger partial charge in [0.2, 0.25) is 0 Å². The minimum absolute atomic E-state index is 0.393. The molecule has 0 aliphatic heterocycles. The summed E-state index contributed by atoms with van der Waals surface area (Å²) in [6.07, 6.45) is 4.98. The van der Waals surface area contributed by atoms with Crippen LogP contribution in [-0.2, 0) is 19.2 Å². The fourth-order valence-electron chi connectivity index (χ4n) is 7.10. The number of allylic oxidation sites excluding steroid dienone is 2. The Bertz CT molecular complexity index is 1900. The summed E-state index contributed by atoms with van der Waals surface area (Å²) in [5, 5.41) is 5.27. The van der Waals surface area contributed by atoms with Gasteiger partial charge in [0.05, 0.1) is 0 Å². The van der Waals surface area contributed by atoms with Crippen molar-refractivity contribution in [2.75, 3.05) is 0 Å². The van der Waals surface area contributed by atoms with Gasteiger partial charge in [-0.15, -0.1) is 0 Å². The topological polar surface area (TPSA) is 0 Å². The van der Waals surface area contributed by atoms with E-state index in [0.29, 0.717) is 8.45 Å². The fourth-order valence-corrected chi connectivity index (χ4v) is 10.1. The maximum atomic E-state index is 2.49. The Hall–Kier alpha value is -3.97. The van der Waals surface area contributed by atoms with Crippen LogP contribution < -0.4 is 0 Å². The van der Waals surface area contributed by atoms with Gasteiger partial charge in [-0.05, 0) is 0 Å². The van der Waals surface area contributed by atoms with Crippen molar-refractivity contribution < 1.29 is 19.2 Å². The first-order chi connectivity index (χ1) is 20.2. The molecule has 0 heterocycles. The van der Waals surface area contributed by atoms with E-state index in [2.05, 4.69) is 147 Å². The van der Waals surface area contributed by atoms with Crippen molar-refractivity contribution in [1.29, 1.82) is 0 Å². The molecular weight excluding hydrogens is 528 g/mol. The second-order valence-electron chi connectivity index (χ2n) is 11.5. The number of benzene rings is 6. The Kier molecular flexibility index (Phi) is 5.95. The molecule has 2 aliphatic carbocycles. The molecule has 2 atom stereocenters. The molecule has 0 amide bonds. The molecule has 6 aromatic rings. The molecular formula is C40H30Ti. The van der Waals surface area contributed by atoms with Gasteiger partial charge in [-0.25, -0.2) is 0 Å². The quantitative estimate of drug-likeness (QED) is 0.189. The predicted octanol–water partition coefficient (Wildman–Crippen LogP) is 11.0. The van der Waals surface area contributed by atoms with Crippen LogP contribution in [0.3, 0.4) is 0 Å². The van der Waals surface area contributed by atoms with Crippen LogP contribution in [0.25, 0.3) is 56.0 Å². The van der Waals surface area contributed by atoms with Crippen LogP contribution >= 0.6 is 0 Å². The summed E-state index contributed by atoms with van der Waals surface area (Å²) in [5.41, 5.74) is 14.4. The summed E-state index contributed by atoms with van der Waals surface area (Å²) < 4.78 is 1.08. The first-order valence-electron chi connectivity index (χ1n) is 14.5. The van der Waals surface area contributed by atoms with Crippen molar-refractivity contribution in [2.45, 2.75) is 22.3 Å². The molecule has 0 radical (unpaired) electrons. The molecule has 0 aromatic heterocycles. The minimum atomic E-state index is -0.393. The second kappa shape index (κ2) is 9.84. The van der Waals surface area contributed by atoms with Crippen molar-refractivity contribution in [3.8, 4) is 22.3 Å². The van der Waals surface area contributed by atoms with Gasteiger partial charge in [0.25, 0.3) is 0 Å². The third-order valence-corrected chi connectivity index (χ3v) is 12.5. The molecule has 0 fully saturated rings. The summed E-state index contributed by atoms with van der Waals surface area (Å²) in [6.45, 7) is 4.73. The molecule has 0 nitrogen and oxygen atoms in total. The van der Waals surface area contributed by atoms with Crippen LogP contribution in [0.4, 0.5) is 0 Å². The average molecular weight is 559 g/mol. The first-order valence-corrected chi connectivity index (χ1v) is 16.3. The van der Waals surface area contributed by atoms with E-state index in [1.165, 1.54) is 77.2 Å². The number of hydrogen-bond acceptors (Lipinski definition) is 0. The van der Waals surface area contributed by atoms with Gasteiger partial charge in [0.15, 0.2) is 0 Å². The van der Waals surface area contributed by atoms with Crippen LogP contribution in [0, 0.1) is 0 Å². The van der Waals surface area contributed by atoms with E-state index in [4.69, 9.17) is 0 Å². The molecule has 1 heteroatoms. The zero-order valence-electron chi connectivity index (χ0n) is 23.4. The van der Waals surface area contributed by atoms with Gasteiger partial charge in [-0.2, -0.15) is 0 Å². The van der Waals surface area contributed by atoms with E-state index in [0.717, 1.165) is 0 Å². The van der Waals surface area contributed by atoms with Gasteiger partial charge in [-0.1, -0.05) is 0 Å². The summed E-state index contributed by atoms with van der Waals surface area (Å²) in [5.74, 6) is 0. The Balaban J connectivity index is 1.19. The average Bonchev–Trinajstić information content (AvgIpc) is 3.51. The molecule has 2 aliphatic rings. The van der Waals surface area contributed by atoms with E-state index >= 15 is 0 Å². The molecule has 0 N–H and O–H groups in total. The van der Waals surface area contributed by atoms with Gasteiger partial charge in [0.1, 0.15) is 0 Å². The molecule has 0 bridgehead atoms. The summed E-state index contributed by atoms with van der Waals surface area (Å²) in [4.78, 5) is 0. The number of fused-ring (bicyclic) bond motifs is 4. The van der Waals surface area contributed by atoms with E-state index in [1.54, 1.807) is 0 Å². The standard InChI is InChI=1S/2C20H15.Ti/c2*1-14-12-16-8-5-11-19(20(16)13-14)18-10-4-7-15-6-2-3-9-17(15)18;/h2*2-13H,1H3;. The Labute approximate surface area is 251 Å². The van der Waals surface area contributed by atoms with Crippen molar-refractivity contribution in [3.63, 3.8) is 0 Å². The van der Waals surface area contributed by atoms with Gasteiger partial charge >= 0.3 is 252 Å². The molecule has 0 saturated heterocycles. The monoisotopic (exact) mass is 558 g/mol. The molecule has 2 unspecified atom stereocenters. The van der Waals surface area contributed by atoms with Gasteiger partial charge < -0.3 is 0 Å². The van der Waals surface area contributed by atoms with Gasteiger partial charge in [-0.3, -0.25) is 0 Å². The molecule has 8 rings (SSSR count). The van der Waals surface area contributed by atoms with Crippen molar-refractivity contribution >= 4 is 33.7 Å². The van der Waals surface area contributed by atoms with Crippen LogP contribution in [0.1, 0.15) is 44.5 Å². The normalized spacial score (nSPS) is 17.3. The van der Waals surface area contributed by atoms with Crippen LogP contribution in [-0.4, -0.2) is 0 Å². The molecule has 6 aromatic carbocycles. The van der Waals surface area contributed by atoms with Crippen LogP contribution in [0.2, 0.25) is 0 Å². The summed E-state index contributed by atoms with van der Waals surface area (Å²) in [6, 6.07) is 45.0. The van der Waals surface area contributed by atoms with Crippen molar-refractivity contribution in [2.24, 2.45) is 0 Å². The molecule has 0 saturated carbocycles. The summed E-state index contributed by atoms with van der Waals surface area (Å²) >= 11 is -0.393. The first kappa shape index (κ1) is 24.8. The fraction of sp³-hybridized carbons (Fsp3) is 0.100. The second-order valence-corrected chi connectivity index (χ2v) is 13.8. The maximum absolute atomic E-state index is 2.49. The molecule has 41 heavy (non-hydrogen) atoms. The van der Waals surface area contributed by atoms with Crippen LogP contribution in [0.15, 0.2) is 132 Å². The third-order valence-electron chi connectivity index (χ3n) is 9.05. The molecule has 194 valence electrons. The van der Waals surface area contributed by atoms with Crippen molar-refractivity contribution in [1.82, 2.24) is 0 Å². The molecule has 0 spiro atoms. The van der Waals surface area contributed by atoms with E-state index < -0.39 is 19.2 Å². The van der Waals surface area contributed by atoms with Gasteiger partial charge in [0, 0.05) is 0 Å². The zero-order valence-corrected chi connectivity index (χ0v) is 24.9. The zero-order chi connectivity index (χ0) is 27.5. The van der Waals surface area contributed by atoms with E-state index in [1.807, 2.05) is 0 Å². The third kappa shape index (κ3) is 4.01. The summed E-state index contributed by atoms with van der Waals surface area (Å²) in [7, 11) is 0. The van der Waals surface area contributed by atoms with Crippen molar-refractivity contribution in [3.05, 3.63) is 155 Å². The van der Waals surface area contributed by atoms with Crippen LogP contribution in [0.5, 0.6) is 0 Å². The van der Waals surface area contributed by atoms with E-state index in [9.17, 15) is 0 Å². The van der Waals surface area contributed by atoms with E-state index in [-0.39, 0.29) is 0 Å². The Morgan fingerprint density at radius 3 is 1.29 bits per heavy atom. The number of hydrogen-bond donors (Lipinski definition) is 0. The SMILES string of the molecule is CC1=Cc2c(-c3cccc4ccccc34)cccc2[CH]1[Ti][CH]1C(C)=Cc2c(-c3cccc4ccccc34)cccc21.